The van der Waals surface area contributed by atoms with E-state index < -0.39 is 0 Å². The van der Waals surface area contributed by atoms with Gasteiger partial charge in [0.25, 0.3) is 5.91 Å². The SMILES string of the molecule is CNC1(C)CCN(C(=O)c2ccc(O)c(O)c2)CC1. The molecule has 1 aromatic rings. The number of phenols is 2. The summed E-state index contributed by atoms with van der Waals surface area (Å²) in [5.41, 5.74) is 0.497. The molecule has 5 heteroatoms. The summed E-state index contributed by atoms with van der Waals surface area (Å²) in [5.74, 6) is -0.575. The highest BCUT2D eigenvalue weighted by molar-refractivity contribution is 5.95. The number of rotatable bonds is 2. The van der Waals surface area contributed by atoms with Gasteiger partial charge in [0.1, 0.15) is 0 Å². The van der Waals surface area contributed by atoms with Crippen molar-refractivity contribution in [2.45, 2.75) is 25.3 Å². The number of amides is 1. The standard InChI is InChI=1S/C14H20N2O3/c1-14(15-2)5-7-16(8-6-14)13(19)10-3-4-11(17)12(18)9-10/h3-4,9,15,17-18H,5-8H2,1-2H3. The van der Waals surface area contributed by atoms with Crippen LogP contribution in [0.15, 0.2) is 18.2 Å². The summed E-state index contributed by atoms with van der Waals surface area (Å²) in [6.45, 7) is 3.54. The lowest BCUT2D eigenvalue weighted by molar-refractivity contribution is 0.0661. The van der Waals surface area contributed by atoms with Crippen molar-refractivity contribution >= 4 is 5.91 Å². The lowest BCUT2D eigenvalue weighted by atomic mass is 9.89. The van der Waals surface area contributed by atoms with Crippen LogP contribution in [0, 0.1) is 0 Å². The van der Waals surface area contributed by atoms with E-state index in [1.54, 1.807) is 4.90 Å². The molecule has 0 bridgehead atoms. The minimum absolute atomic E-state index is 0.0911. The van der Waals surface area contributed by atoms with E-state index in [-0.39, 0.29) is 22.9 Å². The molecule has 104 valence electrons. The van der Waals surface area contributed by atoms with Gasteiger partial charge >= 0.3 is 0 Å². The molecule has 1 aliphatic heterocycles. The molecule has 0 atom stereocenters. The second-order valence-corrected chi connectivity index (χ2v) is 5.31. The smallest absolute Gasteiger partial charge is 0.253 e. The van der Waals surface area contributed by atoms with Crippen LogP contribution in [0.1, 0.15) is 30.1 Å². The zero-order valence-corrected chi connectivity index (χ0v) is 11.3. The van der Waals surface area contributed by atoms with Crippen molar-refractivity contribution in [3.63, 3.8) is 0 Å². The Hall–Kier alpha value is -1.75. The number of likely N-dealkylation sites (tertiary alicyclic amines) is 1. The fraction of sp³-hybridized carbons (Fsp3) is 0.500. The van der Waals surface area contributed by atoms with Crippen molar-refractivity contribution in [1.29, 1.82) is 0 Å². The number of hydrogen-bond acceptors (Lipinski definition) is 4. The van der Waals surface area contributed by atoms with E-state index in [2.05, 4.69) is 12.2 Å². The Morgan fingerprint density at radius 3 is 2.42 bits per heavy atom. The summed E-state index contributed by atoms with van der Waals surface area (Å²) in [6, 6.07) is 4.18. The minimum atomic E-state index is -0.261. The van der Waals surface area contributed by atoms with Gasteiger partial charge in [0, 0.05) is 24.2 Å². The van der Waals surface area contributed by atoms with Crippen molar-refractivity contribution in [2.24, 2.45) is 0 Å². The van der Waals surface area contributed by atoms with Crippen molar-refractivity contribution in [2.75, 3.05) is 20.1 Å². The molecule has 5 nitrogen and oxygen atoms in total. The highest BCUT2D eigenvalue weighted by atomic mass is 16.3. The Bertz CT molecular complexity index is 480. The predicted octanol–water partition coefficient (Wildman–Crippen LogP) is 1.31. The van der Waals surface area contributed by atoms with Gasteiger partial charge in [-0.25, -0.2) is 0 Å². The van der Waals surface area contributed by atoms with Crippen LogP contribution in [0.2, 0.25) is 0 Å². The van der Waals surface area contributed by atoms with Gasteiger partial charge in [-0.2, -0.15) is 0 Å². The second kappa shape index (κ2) is 5.09. The third kappa shape index (κ3) is 2.81. The van der Waals surface area contributed by atoms with Gasteiger partial charge in [-0.3, -0.25) is 4.79 Å². The maximum atomic E-state index is 12.3. The first-order valence-electron chi connectivity index (χ1n) is 6.45. The number of carbonyl (C=O) groups is 1. The van der Waals surface area contributed by atoms with Gasteiger partial charge < -0.3 is 20.4 Å². The number of aromatic hydroxyl groups is 2. The third-order valence-corrected chi connectivity index (χ3v) is 3.98. The van der Waals surface area contributed by atoms with Gasteiger partial charge in [-0.1, -0.05) is 0 Å². The average molecular weight is 264 g/mol. The quantitative estimate of drug-likeness (QED) is 0.704. The van der Waals surface area contributed by atoms with Crippen molar-refractivity contribution in [3.8, 4) is 11.5 Å². The van der Waals surface area contributed by atoms with Gasteiger partial charge in [0.2, 0.25) is 0 Å². The van der Waals surface area contributed by atoms with Crippen LogP contribution in [0.5, 0.6) is 11.5 Å². The molecule has 1 heterocycles. The number of piperidine rings is 1. The summed E-state index contributed by atoms with van der Waals surface area (Å²) in [6.07, 6.45) is 1.80. The van der Waals surface area contributed by atoms with Crippen molar-refractivity contribution in [1.82, 2.24) is 10.2 Å². The summed E-state index contributed by atoms with van der Waals surface area (Å²) < 4.78 is 0. The van der Waals surface area contributed by atoms with E-state index in [0.717, 1.165) is 12.8 Å². The first kappa shape index (κ1) is 13.7. The summed E-state index contributed by atoms with van der Waals surface area (Å²) >= 11 is 0. The fourth-order valence-corrected chi connectivity index (χ4v) is 2.29. The summed E-state index contributed by atoms with van der Waals surface area (Å²) in [5, 5.41) is 22.0. The molecule has 1 amide bonds. The largest absolute Gasteiger partial charge is 0.504 e. The molecule has 0 radical (unpaired) electrons. The Labute approximate surface area is 112 Å². The van der Waals surface area contributed by atoms with E-state index in [4.69, 9.17) is 0 Å². The van der Waals surface area contributed by atoms with Gasteiger partial charge in [-0.05, 0) is 45.0 Å². The summed E-state index contributed by atoms with van der Waals surface area (Å²) in [4.78, 5) is 14.1. The number of phenolic OH excluding ortho intramolecular Hbond substituents is 2. The molecule has 2 rings (SSSR count). The normalized spacial score (nSPS) is 18.3. The van der Waals surface area contributed by atoms with Gasteiger partial charge in [0.15, 0.2) is 11.5 Å². The molecule has 3 N–H and O–H groups in total. The van der Waals surface area contributed by atoms with E-state index in [1.165, 1.54) is 18.2 Å². The molecule has 1 fully saturated rings. The van der Waals surface area contributed by atoms with E-state index in [0.29, 0.717) is 18.7 Å². The van der Waals surface area contributed by atoms with Gasteiger partial charge in [-0.15, -0.1) is 0 Å². The molecule has 1 aliphatic rings. The topological polar surface area (TPSA) is 72.8 Å². The number of benzene rings is 1. The van der Waals surface area contributed by atoms with Crippen LogP contribution in [0.4, 0.5) is 0 Å². The molecular formula is C14H20N2O3. The molecule has 1 saturated heterocycles. The Morgan fingerprint density at radius 2 is 1.89 bits per heavy atom. The lowest BCUT2D eigenvalue weighted by Gasteiger charge is -2.39. The average Bonchev–Trinajstić information content (AvgIpc) is 2.42. The highest BCUT2D eigenvalue weighted by Gasteiger charge is 2.30. The van der Waals surface area contributed by atoms with Crippen LogP contribution in [0.3, 0.4) is 0 Å². The lowest BCUT2D eigenvalue weighted by Crippen LogP contribution is -2.51. The minimum Gasteiger partial charge on any atom is -0.504 e. The second-order valence-electron chi connectivity index (χ2n) is 5.31. The van der Waals surface area contributed by atoms with Crippen molar-refractivity contribution < 1.29 is 15.0 Å². The third-order valence-electron chi connectivity index (χ3n) is 3.98. The zero-order valence-electron chi connectivity index (χ0n) is 11.3. The molecule has 0 unspecified atom stereocenters. The molecular weight excluding hydrogens is 244 g/mol. The number of nitrogens with zero attached hydrogens (tertiary/aromatic N) is 1. The van der Waals surface area contributed by atoms with Crippen LogP contribution in [-0.2, 0) is 0 Å². The van der Waals surface area contributed by atoms with E-state index >= 15 is 0 Å². The first-order valence-corrected chi connectivity index (χ1v) is 6.45. The maximum Gasteiger partial charge on any atom is 0.253 e. The van der Waals surface area contributed by atoms with Crippen molar-refractivity contribution in [3.05, 3.63) is 23.8 Å². The maximum absolute atomic E-state index is 12.3. The number of carbonyl (C=O) groups excluding carboxylic acids is 1. The zero-order chi connectivity index (χ0) is 14.0. The molecule has 1 aromatic carbocycles. The summed E-state index contributed by atoms with van der Waals surface area (Å²) in [7, 11) is 1.94. The predicted molar refractivity (Wildman–Crippen MR) is 72.4 cm³/mol. The van der Waals surface area contributed by atoms with Crippen LogP contribution in [0.25, 0.3) is 0 Å². The number of nitrogens with one attached hydrogen (secondary N) is 1. The van der Waals surface area contributed by atoms with Gasteiger partial charge in [0.05, 0.1) is 0 Å². The van der Waals surface area contributed by atoms with Crippen LogP contribution in [-0.4, -0.2) is 46.7 Å². The monoisotopic (exact) mass is 264 g/mol. The Balaban J connectivity index is 2.07. The van der Waals surface area contributed by atoms with Crippen LogP contribution >= 0.6 is 0 Å². The highest BCUT2D eigenvalue weighted by Crippen LogP contribution is 2.27. The van der Waals surface area contributed by atoms with E-state index in [9.17, 15) is 15.0 Å². The first-order chi connectivity index (χ1) is 8.95. The fourth-order valence-electron chi connectivity index (χ4n) is 2.29. The Kier molecular flexibility index (Phi) is 3.66. The van der Waals surface area contributed by atoms with Crippen LogP contribution < -0.4 is 5.32 Å². The molecule has 0 spiro atoms. The number of hydrogen-bond donors (Lipinski definition) is 3. The molecule has 19 heavy (non-hydrogen) atoms. The molecule has 0 saturated carbocycles. The molecule has 0 aliphatic carbocycles. The molecule has 0 aromatic heterocycles. The van der Waals surface area contributed by atoms with E-state index in [1.807, 2.05) is 7.05 Å². The Morgan fingerprint density at radius 1 is 1.26 bits per heavy atom.